The minimum Gasteiger partial charge on any atom is -0.390 e. The molecular formula is C23H32N4O2S. The quantitative estimate of drug-likeness (QED) is 0.768. The second kappa shape index (κ2) is 7.37. The van der Waals surface area contributed by atoms with Gasteiger partial charge in [-0.15, -0.1) is 0 Å². The number of aromatic nitrogens is 2. The van der Waals surface area contributed by atoms with Crippen molar-refractivity contribution >= 4 is 23.6 Å². The van der Waals surface area contributed by atoms with E-state index in [1.165, 1.54) is 5.75 Å². The minimum absolute atomic E-state index is 0.000616. The van der Waals surface area contributed by atoms with Crippen LogP contribution < -0.4 is 10.2 Å². The Morgan fingerprint density at radius 3 is 2.70 bits per heavy atom. The maximum Gasteiger partial charge on any atom is 0.254 e. The van der Waals surface area contributed by atoms with Crippen molar-refractivity contribution in [3.8, 4) is 0 Å². The maximum atomic E-state index is 13.3. The van der Waals surface area contributed by atoms with Crippen LogP contribution in [0.2, 0.25) is 0 Å². The predicted molar refractivity (Wildman–Crippen MR) is 118 cm³/mol. The van der Waals surface area contributed by atoms with Crippen molar-refractivity contribution in [1.82, 2.24) is 15.3 Å². The predicted octanol–water partition coefficient (Wildman–Crippen LogP) is 2.97. The molecule has 2 unspecified atom stereocenters. The monoisotopic (exact) mass is 428 g/mol. The molecule has 4 bridgehead atoms. The number of rotatable bonds is 4. The van der Waals surface area contributed by atoms with Crippen LogP contribution in [0.25, 0.3) is 0 Å². The molecule has 5 aliphatic carbocycles. The average Bonchev–Trinajstić information content (AvgIpc) is 3.56. The summed E-state index contributed by atoms with van der Waals surface area (Å²) in [6.45, 7) is 1.98. The highest BCUT2D eigenvalue weighted by molar-refractivity contribution is 7.99. The summed E-state index contributed by atoms with van der Waals surface area (Å²) in [5.74, 6) is 5.01. The Kier molecular flexibility index (Phi) is 4.75. The van der Waals surface area contributed by atoms with Gasteiger partial charge >= 0.3 is 0 Å². The molecule has 1 amide bonds. The minimum atomic E-state index is -0.465. The second-order valence-electron chi connectivity index (χ2n) is 10.4. The summed E-state index contributed by atoms with van der Waals surface area (Å²) in [5.41, 5.74) is 1.17. The van der Waals surface area contributed by atoms with Crippen molar-refractivity contribution in [1.29, 1.82) is 0 Å². The highest BCUT2D eigenvalue weighted by Gasteiger charge is 2.55. The number of hydrogen-bond acceptors (Lipinski definition) is 6. The fraction of sp³-hybridized carbons (Fsp3) is 0.783. The Labute approximate surface area is 182 Å². The molecule has 2 N–H and O–H groups in total. The lowest BCUT2D eigenvalue weighted by molar-refractivity contribution is -0.136. The van der Waals surface area contributed by atoms with E-state index in [0.717, 1.165) is 81.9 Å². The highest BCUT2D eigenvalue weighted by Crippen LogP contribution is 2.55. The molecular weight excluding hydrogens is 396 g/mol. The van der Waals surface area contributed by atoms with Crippen LogP contribution >= 0.6 is 11.8 Å². The van der Waals surface area contributed by atoms with Gasteiger partial charge in [0.15, 0.2) is 0 Å². The van der Waals surface area contributed by atoms with Crippen LogP contribution in [0.15, 0.2) is 6.20 Å². The number of nitrogens with zero attached hydrogens (tertiary/aromatic N) is 3. The molecule has 2 heterocycles. The Morgan fingerprint density at radius 2 is 1.97 bits per heavy atom. The van der Waals surface area contributed by atoms with E-state index >= 15 is 0 Å². The number of amides is 1. The summed E-state index contributed by atoms with van der Waals surface area (Å²) in [6.07, 6.45) is 10.2. The lowest BCUT2D eigenvalue weighted by Gasteiger charge is -2.58. The first-order valence-corrected chi connectivity index (χ1v) is 13.0. The molecule has 6 nitrogen and oxygen atoms in total. The van der Waals surface area contributed by atoms with E-state index in [-0.39, 0.29) is 11.9 Å². The number of nitrogens with one attached hydrogen (secondary N) is 1. The number of hydrogen-bond donors (Lipinski definition) is 2. The van der Waals surface area contributed by atoms with Crippen LogP contribution in [0, 0.1) is 17.8 Å². The van der Waals surface area contributed by atoms with E-state index < -0.39 is 5.60 Å². The lowest BCUT2D eigenvalue weighted by Crippen LogP contribution is -2.61. The summed E-state index contributed by atoms with van der Waals surface area (Å²) < 4.78 is 0. The first kappa shape index (κ1) is 19.4. The van der Waals surface area contributed by atoms with Crippen LogP contribution in [0.5, 0.6) is 0 Å². The maximum absolute atomic E-state index is 13.3. The van der Waals surface area contributed by atoms with Crippen molar-refractivity contribution in [3.63, 3.8) is 0 Å². The van der Waals surface area contributed by atoms with Crippen molar-refractivity contribution in [2.45, 2.75) is 68.9 Å². The Hall–Kier alpha value is -1.34. The van der Waals surface area contributed by atoms with Gasteiger partial charge in [0.25, 0.3) is 5.91 Å². The standard InChI is InChI=1S/C23H32N4O2S/c28-21(25-19-16-8-14-9-17(19)12-23(29,10-14)11-16)18-13-24-22(26-20(18)15-2-3-15)27-4-1-6-30-7-5-27/h13-17,19,29H,1-12H2,(H,25,28)/t14?,16?,17?,19-,23+. The molecule has 7 rings (SSSR count). The van der Waals surface area contributed by atoms with Crippen LogP contribution in [-0.2, 0) is 0 Å². The SMILES string of the molecule is O=C(N[C@H]1C2CC3CC1C[C@@](O)(C3)C2)c1cnc(N2CCCSCC2)nc1C1CC1. The average molecular weight is 429 g/mol. The first-order chi connectivity index (χ1) is 14.6. The first-order valence-electron chi connectivity index (χ1n) is 11.8. The van der Waals surface area contributed by atoms with Crippen molar-refractivity contribution in [3.05, 3.63) is 17.5 Å². The topological polar surface area (TPSA) is 78.3 Å². The Morgan fingerprint density at radius 1 is 1.17 bits per heavy atom. The zero-order valence-corrected chi connectivity index (χ0v) is 18.4. The van der Waals surface area contributed by atoms with E-state index in [2.05, 4.69) is 15.2 Å². The van der Waals surface area contributed by atoms with E-state index in [1.54, 1.807) is 6.20 Å². The third-order valence-electron chi connectivity index (χ3n) is 8.06. The summed E-state index contributed by atoms with van der Waals surface area (Å²) in [4.78, 5) is 25.2. The molecule has 162 valence electrons. The Bertz CT molecular complexity index is 820. The van der Waals surface area contributed by atoms with Gasteiger partial charge in [-0.1, -0.05) is 0 Å². The zero-order valence-electron chi connectivity index (χ0n) is 17.6. The number of thioether (sulfide) groups is 1. The molecule has 0 spiro atoms. The van der Waals surface area contributed by atoms with Crippen molar-refractivity contribution in [2.75, 3.05) is 29.5 Å². The van der Waals surface area contributed by atoms with Gasteiger partial charge in [0.1, 0.15) is 0 Å². The molecule has 6 aliphatic rings. The number of carbonyl (C=O) groups excluding carboxylic acids is 1. The largest absolute Gasteiger partial charge is 0.390 e. The molecule has 0 aromatic carbocycles. The van der Waals surface area contributed by atoms with Gasteiger partial charge in [-0.25, -0.2) is 9.97 Å². The molecule has 5 saturated carbocycles. The van der Waals surface area contributed by atoms with Gasteiger partial charge in [-0.2, -0.15) is 11.8 Å². The highest BCUT2D eigenvalue weighted by atomic mass is 32.2. The van der Waals surface area contributed by atoms with Gasteiger partial charge < -0.3 is 15.3 Å². The van der Waals surface area contributed by atoms with E-state index in [9.17, 15) is 9.90 Å². The third kappa shape index (κ3) is 3.52. The van der Waals surface area contributed by atoms with E-state index in [1.807, 2.05) is 11.8 Å². The smallest absolute Gasteiger partial charge is 0.254 e. The third-order valence-corrected chi connectivity index (χ3v) is 9.11. The zero-order chi connectivity index (χ0) is 20.3. The molecule has 1 aromatic rings. The molecule has 1 saturated heterocycles. The van der Waals surface area contributed by atoms with E-state index in [4.69, 9.17) is 4.98 Å². The number of carbonyl (C=O) groups is 1. The van der Waals surface area contributed by atoms with Crippen LogP contribution in [0.1, 0.15) is 73.3 Å². The van der Waals surface area contributed by atoms with Crippen LogP contribution in [-0.4, -0.2) is 57.2 Å². The van der Waals surface area contributed by atoms with Crippen molar-refractivity contribution < 1.29 is 9.90 Å². The van der Waals surface area contributed by atoms with Crippen LogP contribution in [0.3, 0.4) is 0 Å². The molecule has 1 aliphatic heterocycles. The molecule has 7 heteroatoms. The Balaban J connectivity index is 1.22. The summed E-state index contributed by atoms with van der Waals surface area (Å²) in [7, 11) is 0. The van der Waals surface area contributed by atoms with Gasteiger partial charge in [0.2, 0.25) is 5.95 Å². The second-order valence-corrected chi connectivity index (χ2v) is 11.6. The fourth-order valence-corrected chi connectivity index (χ4v) is 7.66. The van der Waals surface area contributed by atoms with Gasteiger partial charge in [-0.05, 0) is 74.9 Å². The summed E-state index contributed by atoms with van der Waals surface area (Å²) >= 11 is 2.00. The molecule has 1 aromatic heterocycles. The number of aliphatic hydroxyl groups is 1. The van der Waals surface area contributed by atoms with Gasteiger partial charge in [0.05, 0.1) is 16.9 Å². The lowest BCUT2D eigenvalue weighted by atomic mass is 9.52. The summed E-state index contributed by atoms with van der Waals surface area (Å²) in [5, 5.41) is 14.2. The molecule has 6 fully saturated rings. The van der Waals surface area contributed by atoms with Crippen molar-refractivity contribution in [2.24, 2.45) is 17.8 Å². The van der Waals surface area contributed by atoms with Gasteiger partial charge in [-0.3, -0.25) is 4.79 Å². The van der Waals surface area contributed by atoms with Crippen LogP contribution in [0.4, 0.5) is 5.95 Å². The molecule has 30 heavy (non-hydrogen) atoms. The normalized spacial score (nSPS) is 37.8. The number of anilines is 1. The fourth-order valence-electron chi connectivity index (χ4n) is 6.77. The molecule has 2 atom stereocenters. The summed E-state index contributed by atoms with van der Waals surface area (Å²) in [6, 6.07) is 0.198. The molecule has 0 radical (unpaired) electrons. The van der Waals surface area contributed by atoms with E-state index in [0.29, 0.717) is 29.2 Å². The van der Waals surface area contributed by atoms with Gasteiger partial charge in [0, 0.05) is 37.0 Å².